The van der Waals surface area contributed by atoms with Gasteiger partial charge in [0, 0.05) is 13.5 Å². The number of nitrogens with one attached hydrogen (secondary N) is 1. The van der Waals surface area contributed by atoms with E-state index < -0.39 is 24.0 Å². The monoisotopic (exact) mass is 366 g/mol. The number of carboxylic acids is 1. The van der Waals surface area contributed by atoms with E-state index in [0.717, 1.165) is 32.1 Å². The first-order valence-corrected chi connectivity index (χ1v) is 9.25. The maximum Gasteiger partial charge on any atom is 0.326 e. The first-order valence-electron chi connectivity index (χ1n) is 9.25. The molecule has 0 rings (SSSR count). The minimum Gasteiger partial charge on any atom is -0.480 e. The molecule has 0 spiro atoms. The van der Waals surface area contributed by atoms with Crippen molar-refractivity contribution < 1.29 is 19.5 Å². The molecule has 0 saturated heterocycles. The minimum absolute atomic E-state index is 0.122. The van der Waals surface area contributed by atoms with Crippen molar-refractivity contribution >= 4 is 17.8 Å². The van der Waals surface area contributed by atoms with Gasteiger partial charge in [-0.3, -0.25) is 9.59 Å². The van der Waals surface area contributed by atoms with Crippen molar-refractivity contribution in [1.29, 1.82) is 0 Å². The van der Waals surface area contributed by atoms with Crippen molar-refractivity contribution in [1.82, 2.24) is 10.2 Å². The van der Waals surface area contributed by atoms with E-state index in [9.17, 15) is 19.5 Å². The molecule has 0 saturated carbocycles. The number of hydrogen-bond acceptors (Lipinski definition) is 3. The van der Waals surface area contributed by atoms with Gasteiger partial charge in [0.1, 0.15) is 12.1 Å². The molecular formula is C20H34N2O4. The van der Waals surface area contributed by atoms with E-state index in [4.69, 9.17) is 0 Å². The highest BCUT2D eigenvalue weighted by atomic mass is 16.4. The molecule has 6 heteroatoms. The van der Waals surface area contributed by atoms with Crippen LogP contribution < -0.4 is 5.32 Å². The summed E-state index contributed by atoms with van der Waals surface area (Å²) < 4.78 is 0. The van der Waals surface area contributed by atoms with E-state index in [1.165, 1.54) is 4.90 Å². The van der Waals surface area contributed by atoms with Crippen LogP contribution in [0, 0.1) is 5.92 Å². The van der Waals surface area contributed by atoms with Gasteiger partial charge < -0.3 is 15.3 Å². The second-order valence-corrected chi connectivity index (χ2v) is 6.82. The lowest BCUT2D eigenvalue weighted by molar-refractivity contribution is -0.144. The summed E-state index contributed by atoms with van der Waals surface area (Å²) in [6.45, 7) is 10.9. The molecule has 3 atom stereocenters. The Morgan fingerprint density at radius 2 is 1.73 bits per heavy atom. The van der Waals surface area contributed by atoms with Gasteiger partial charge in [-0.1, -0.05) is 19.1 Å². The number of carbonyl (C=O) groups is 3. The molecule has 1 unspecified atom stereocenters. The van der Waals surface area contributed by atoms with Crippen LogP contribution in [0.25, 0.3) is 0 Å². The van der Waals surface area contributed by atoms with Crippen molar-refractivity contribution in [2.24, 2.45) is 5.92 Å². The van der Waals surface area contributed by atoms with Crippen molar-refractivity contribution in [3.63, 3.8) is 0 Å². The molecule has 0 radical (unpaired) electrons. The normalized spacial score (nSPS) is 14.0. The fourth-order valence-corrected chi connectivity index (χ4v) is 2.57. The summed E-state index contributed by atoms with van der Waals surface area (Å²) >= 11 is 0. The van der Waals surface area contributed by atoms with Crippen molar-refractivity contribution in [3.8, 4) is 0 Å². The van der Waals surface area contributed by atoms with Crippen LogP contribution in [0.5, 0.6) is 0 Å². The molecule has 2 amide bonds. The number of nitrogens with zero attached hydrogens (tertiary/aromatic N) is 1. The van der Waals surface area contributed by atoms with Gasteiger partial charge in [0.2, 0.25) is 11.8 Å². The Labute approximate surface area is 157 Å². The van der Waals surface area contributed by atoms with Gasteiger partial charge in [-0.25, -0.2) is 4.79 Å². The maximum atomic E-state index is 12.4. The standard InChI is InChI=1S/C20H34N2O4/c1-6-8-10-11-13-18(23)22(5)16(4)19(24)21-17(20(25)26)14-15(3)12-9-7-2/h6-7,15-17H,1-2,8-14H2,3-5H3,(H,21,24)(H,25,26)/t15?,16-,17+/m0/s1. The van der Waals surface area contributed by atoms with E-state index in [0.29, 0.717) is 12.8 Å². The number of carboxylic acid groups (broad SMARTS) is 1. The highest BCUT2D eigenvalue weighted by molar-refractivity contribution is 5.90. The summed E-state index contributed by atoms with van der Waals surface area (Å²) in [7, 11) is 1.57. The van der Waals surface area contributed by atoms with Crippen molar-refractivity contribution in [2.45, 2.75) is 70.9 Å². The Kier molecular flexibility index (Phi) is 12.1. The number of hydrogen-bond donors (Lipinski definition) is 2. The van der Waals surface area contributed by atoms with Crippen molar-refractivity contribution in [3.05, 3.63) is 25.3 Å². The second-order valence-electron chi connectivity index (χ2n) is 6.82. The lowest BCUT2D eigenvalue weighted by Gasteiger charge is -2.26. The van der Waals surface area contributed by atoms with Crippen LogP contribution in [0.4, 0.5) is 0 Å². The molecule has 0 fully saturated rings. The number of carbonyl (C=O) groups excluding carboxylic acids is 2. The van der Waals surface area contributed by atoms with Gasteiger partial charge in [-0.05, 0) is 51.4 Å². The smallest absolute Gasteiger partial charge is 0.326 e. The number of aliphatic carboxylic acids is 1. The van der Waals surface area contributed by atoms with E-state index in [1.54, 1.807) is 20.0 Å². The average Bonchev–Trinajstić information content (AvgIpc) is 2.61. The van der Waals surface area contributed by atoms with Crippen LogP contribution >= 0.6 is 0 Å². The van der Waals surface area contributed by atoms with Gasteiger partial charge in [-0.15, -0.1) is 13.2 Å². The largest absolute Gasteiger partial charge is 0.480 e. The zero-order valence-electron chi connectivity index (χ0n) is 16.4. The number of allylic oxidation sites excluding steroid dienone is 2. The molecular weight excluding hydrogens is 332 g/mol. The lowest BCUT2D eigenvalue weighted by atomic mass is 9.96. The van der Waals surface area contributed by atoms with Crippen LogP contribution in [-0.4, -0.2) is 46.9 Å². The predicted molar refractivity (Wildman–Crippen MR) is 104 cm³/mol. The van der Waals surface area contributed by atoms with E-state index in [-0.39, 0.29) is 11.8 Å². The molecule has 0 aliphatic rings. The van der Waals surface area contributed by atoms with Crippen LogP contribution in [0.15, 0.2) is 25.3 Å². The first-order chi connectivity index (χ1) is 12.2. The molecule has 0 aromatic carbocycles. The van der Waals surface area contributed by atoms with Crippen LogP contribution in [0.2, 0.25) is 0 Å². The molecule has 6 nitrogen and oxygen atoms in total. The molecule has 0 aromatic heterocycles. The van der Waals surface area contributed by atoms with Gasteiger partial charge in [0.05, 0.1) is 0 Å². The Morgan fingerprint density at radius 3 is 2.27 bits per heavy atom. The first kappa shape index (κ1) is 23.9. The number of likely N-dealkylation sites (N-methyl/N-ethyl adjacent to an activating group) is 1. The molecule has 148 valence electrons. The highest BCUT2D eigenvalue weighted by Gasteiger charge is 2.27. The Bertz CT molecular complexity index is 490. The number of amides is 2. The zero-order chi connectivity index (χ0) is 20.1. The third kappa shape index (κ3) is 9.39. The summed E-state index contributed by atoms with van der Waals surface area (Å²) in [5.74, 6) is -1.48. The number of rotatable bonds is 14. The molecule has 0 aromatic rings. The summed E-state index contributed by atoms with van der Waals surface area (Å²) in [5, 5.41) is 11.9. The minimum atomic E-state index is -1.06. The van der Waals surface area contributed by atoms with Gasteiger partial charge in [0.25, 0.3) is 0 Å². The predicted octanol–water partition coefficient (Wildman–Crippen LogP) is 3.14. The van der Waals surface area contributed by atoms with Crippen LogP contribution in [0.1, 0.15) is 58.8 Å². The third-order valence-corrected chi connectivity index (χ3v) is 4.52. The SMILES string of the molecule is C=CCCCCC(=O)N(C)[C@@H](C)C(=O)N[C@H](CC(C)CCC=C)C(=O)O. The summed E-state index contributed by atoms with van der Waals surface area (Å²) in [5.41, 5.74) is 0. The molecule has 0 bridgehead atoms. The van der Waals surface area contributed by atoms with Crippen LogP contribution in [0.3, 0.4) is 0 Å². The molecule has 0 heterocycles. The summed E-state index contributed by atoms with van der Waals surface area (Å²) in [6.07, 6.45) is 8.42. The third-order valence-electron chi connectivity index (χ3n) is 4.52. The van der Waals surface area contributed by atoms with E-state index >= 15 is 0 Å². The molecule has 0 aliphatic carbocycles. The Balaban J connectivity index is 4.61. The van der Waals surface area contributed by atoms with Crippen LogP contribution in [-0.2, 0) is 14.4 Å². The highest BCUT2D eigenvalue weighted by Crippen LogP contribution is 2.14. The maximum absolute atomic E-state index is 12.4. The average molecular weight is 367 g/mol. The van der Waals surface area contributed by atoms with Gasteiger partial charge in [0.15, 0.2) is 0 Å². The fourth-order valence-electron chi connectivity index (χ4n) is 2.57. The van der Waals surface area contributed by atoms with E-state index in [2.05, 4.69) is 18.5 Å². The van der Waals surface area contributed by atoms with E-state index in [1.807, 2.05) is 13.0 Å². The topological polar surface area (TPSA) is 86.7 Å². The molecule has 26 heavy (non-hydrogen) atoms. The fraction of sp³-hybridized carbons (Fsp3) is 0.650. The lowest BCUT2D eigenvalue weighted by Crippen LogP contribution is -2.51. The Morgan fingerprint density at radius 1 is 1.12 bits per heavy atom. The molecule has 2 N–H and O–H groups in total. The Hall–Kier alpha value is -2.11. The molecule has 0 aliphatic heterocycles. The summed E-state index contributed by atoms with van der Waals surface area (Å²) in [4.78, 5) is 37.4. The van der Waals surface area contributed by atoms with Crippen molar-refractivity contribution in [2.75, 3.05) is 7.05 Å². The zero-order valence-corrected chi connectivity index (χ0v) is 16.4. The quantitative estimate of drug-likeness (QED) is 0.365. The van der Waals surface area contributed by atoms with Gasteiger partial charge >= 0.3 is 5.97 Å². The number of unbranched alkanes of at least 4 members (excludes halogenated alkanes) is 2. The summed E-state index contributed by atoms with van der Waals surface area (Å²) in [6, 6.07) is -1.67. The second kappa shape index (κ2) is 13.1. The van der Waals surface area contributed by atoms with Gasteiger partial charge in [-0.2, -0.15) is 0 Å².